The summed E-state index contributed by atoms with van der Waals surface area (Å²) in [5.41, 5.74) is 0. The molecule has 0 aromatic carbocycles. The third-order valence-electron chi connectivity index (χ3n) is 4.23. The Bertz CT molecular complexity index is 806. The summed E-state index contributed by atoms with van der Waals surface area (Å²) < 4.78 is 0. The van der Waals surface area contributed by atoms with Gasteiger partial charge in [0.2, 0.25) is 0 Å². The van der Waals surface area contributed by atoms with E-state index in [2.05, 4.69) is 72.9 Å². The summed E-state index contributed by atoms with van der Waals surface area (Å²) >= 11 is 7.38. The van der Waals surface area contributed by atoms with E-state index in [1.165, 1.54) is 19.5 Å². The maximum absolute atomic E-state index is 10.9. The van der Waals surface area contributed by atoms with Crippen LogP contribution in [0.1, 0.15) is 19.5 Å². The van der Waals surface area contributed by atoms with E-state index in [0.717, 1.165) is 42.3 Å². The molecule has 0 aliphatic rings. The fraction of sp³-hybridized carbons (Fsp3) is 0.545. The lowest BCUT2D eigenvalue weighted by Crippen LogP contribution is -2.30. The van der Waals surface area contributed by atoms with E-state index in [1.807, 2.05) is 46.2 Å². The van der Waals surface area contributed by atoms with Gasteiger partial charge in [-0.2, -0.15) is 23.5 Å². The molecule has 0 radical (unpaired) electrons. The van der Waals surface area contributed by atoms with Crippen LogP contribution in [-0.4, -0.2) is 67.5 Å². The fourth-order valence-corrected chi connectivity index (χ4v) is 7.12. The van der Waals surface area contributed by atoms with E-state index in [-0.39, 0.29) is 0 Å². The summed E-state index contributed by atoms with van der Waals surface area (Å²) in [6.07, 6.45) is 1.02. The van der Waals surface area contributed by atoms with E-state index in [9.17, 15) is 10.1 Å². The van der Waals surface area contributed by atoms with Crippen molar-refractivity contribution in [2.75, 3.05) is 52.8 Å². The Hall–Kier alpha value is -1.24. The van der Waals surface area contributed by atoms with E-state index in [1.54, 1.807) is 0 Å². The predicted molar refractivity (Wildman–Crippen MR) is 147 cm³/mol. The molecule has 0 amide bonds. The van der Waals surface area contributed by atoms with Gasteiger partial charge in [-0.3, -0.25) is 10.1 Å². The van der Waals surface area contributed by atoms with Crippen LogP contribution >= 0.6 is 46.2 Å². The highest BCUT2D eigenvalue weighted by Gasteiger charge is 2.05. The highest BCUT2D eigenvalue weighted by Crippen LogP contribution is 2.23. The zero-order valence-electron chi connectivity index (χ0n) is 19.8. The molecular weight excluding hydrogens is 495 g/mol. The summed E-state index contributed by atoms with van der Waals surface area (Å²) in [4.78, 5) is 20.4. The zero-order valence-corrected chi connectivity index (χ0v) is 23.1. The molecule has 0 aliphatic carbocycles. The van der Waals surface area contributed by atoms with Gasteiger partial charge < -0.3 is 20.4 Å². The monoisotopic (exact) mass is 529 g/mol. The fourth-order valence-electron chi connectivity index (χ4n) is 2.91. The third-order valence-corrected chi connectivity index (χ3v) is 8.75. The Balaban J connectivity index is 1.61. The summed E-state index contributed by atoms with van der Waals surface area (Å²) in [7, 11) is 8.31. The van der Waals surface area contributed by atoms with Crippen LogP contribution in [0.4, 0.5) is 0 Å². The van der Waals surface area contributed by atoms with Gasteiger partial charge in [-0.15, -0.1) is 22.7 Å². The van der Waals surface area contributed by atoms with Gasteiger partial charge in [-0.1, -0.05) is 0 Å². The lowest BCUT2D eigenvalue weighted by molar-refractivity contribution is -0.404. The largest absolute Gasteiger partial charge is 0.366 e. The first-order valence-electron chi connectivity index (χ1n) is 10.7. The normalized spacial score (nSPS) is 11.2. The van der Waals surface area contributed by atoms with Crippen LogP contribution < -0.4 is 10.6 Å². The summed E-state index contributed by atoms with van der Waals surface area (Å²) in [5.74, 6) is 4.20. The molecule has 2 aromatic heterocycles. The lowest BCUT2D eigenvalue weighted by atomic mass is 10.4. The molecule has 2 N–H and O–H groups in total. The van der Waals surface area contributed by atoms with Gasteiger partial charge in [0.25, 0.3) is 6.20 Å². The standard InChI is InChI=1S/C22H35N5O2S4/c1-25(2)13-18-5-7-20(32-18)16-30-11-9-23-22(15-27(28)29)24-10-12-31-17-21-8-6-19(33-21)14-26(3)4/h5-8,15,23-24H,9-14,16-17H2,1-4H3. The number of rotatable bonds is 17. The quantitative estimate of drug-likeness (QED) is 0.178. The SMILES string of the molecule is CN(C)Cc1ccc(CSCCNC(=C[N+](=O)[O-])NCCSCc2ccc(CN(C)C)s2)s1. The van der Waals surface area contributed by atoms with Crippen LogP contribution in [0.5, 0.6) is 0 Å². The van der Waals surface area contributed by atoms with Crippen LogP contribution in [0, 0.1) is 10.1 Å². The molecule has 7 nitrogen and oxygen atoms in total. The van der Waals surface area contributed by atoms with Crippen molar-refractivity contribution < 1.29 is 4.92 Å². The molecule has 0 atom stereocenters. The molecule has 184 valence electrons. The lowest BCUT2D eigenvalue weighted by Gasteiger charge is -2.11. The maximum Gasteiger partial charge on any atom is 0.274 e. The minimum Gasteiger partial charge on any atom is -0.366 e. The first-order chi connectivity index (χ1) is 15.8. The molecule has 0 bridgehead atoms. The molecule has 0 unspecified atom stereocenters. The number of thioether (sulfide) groups is 2. The van der Waals surface area contributed by atoms with E-state index in [4.69, 9.17) is 0 Å². The molecule has 2 aromatic rings. The molecule has 0 fully saturated rings. The van der Waals surface area contributed by atoms with E-state index < -0.39 is 4.92 Å². The number of nitrogens with zero attached hydrogens (tertiary/aromatic N) is 3. The van der Waals surface area contributed by atoms with Crippen LogP contribution in [-0.2, 0) is 24.6 Å². The van der Waals surface area contributed by atoms with Crippen LogP contribution in [0.25, 0.3) is 0 Å². The Morgan fingerprint density at radius 1 is 0.879 bits per heavy atom. The molecule has 0 saturated heterocycles. The van der Waals surface area contributed by atoms with Gasteiger partial charge in [0.1, 0.15) is 0 Å². The van der Waals surface area contributed by atoms with Crippen molar-refractivity contribution in [3.8, 4) is 0 Å². The Morgan fingerprint density at radius 3 is 1.70 bits per heavy atom. The van der Waals surface area contributed by atoms with Crippen molar-refractivity contribution >= 4 is 46.2 Å². The van der Waals surface area contributed by atoms with Gasteiger partial charge in [0, 0.05) is 68.7 Å². The summed E-state index contributed by atoms with van der Waals surface area (Å²) in [5, 5.41) is 17.3. The van der Waals surface area contributed by atoms with Crippen molar-refractivity contribution in [3.63, 3.8) is 0 Å². The number of hydrogen-bond acceptors (Lipinski definition) is 10. The van der Waals surface area contributed by atoms with Gasteiger partial charge in [0.15, 0.2) is 5.82 Å². The molecule has 2 rings (SSSR count). The minimum absolute atomic E-state index is 0.411. The number of thiophene rings is 2. The molecule has 0 spiro atoms. The molecule has 33 heavy (non-hydrogen) atoms. The van der Waals surface area contributed by atoms with Crippen LogP contribution in [0.2, 0.25) is 0 Å². The average molecular weight is 530 g/mol. The molecule has 0 saturated carbocycles. The summed E-state index contributed by atoms with van der Waals surface area (Å²) in [6.45, 7) is 3.32. The van der Waals surface area contributed by atoms with Crippen molar-refractivity contribution in [3.05, 3.63) is 65.9 Å². The Kier molecular flexibility index (Phi) is 13.3. The van der Waals surface area contributed by atoms with Gasteiger partial charge >= 0.3 is 0 Å². The van der Waals surface area contributed by atoms with Gasteiger partial charge in [-0.05, 0) is 52.5 Å². The molecule has 0 aliphatic heterocycles. The van der Waals surface area contributed by atoms with E-state index in [0.29, 0.717) is 18.9 Å². The van der Waals surface area contributed by atoms with Gasteiger partial charge in [-0.25, -0.2) is 0 Å². The molecular formula is C22H35N5O2S4. The Labute approximate surface area is 214 Å². The molecule has 11 heteroatoms. The number of hydrogen-bond donors (Lipinski definition) is 2. The highest BCUT2D eigenvalue weighted by molar-refractivity contribution is 7.98. The van der Waals surface area contributed by atoms with Crippen LogP contribution in [0.3, 0.4) is 0 Å². The third kappa shape index (κ3) is 12.7. The highest BCUT2D eigenvalue weighted by atomic mass is 32.2. The number of nitrogens with one attached hydrogen (secondary N) is 2. The van der Waals surface area contributed by atoms with Crippen LogP contribution in [0.15, 0.2) is 36.3 Å². The van der Waals surface area contributed by atoms with Gasteiger partial charge in [0.05, 0.1) is 4.92 Å². The topological polar surface area (TPSA) is 73.7 Å². The first kappa shape index (κ1) is 28.0. The van der Waals surface area contributed by atoms with Crippen molar-refractivity contribution in [2.45, 2.75) is 24.6 Å². The van der Waals surface area contributed by atoms with E-state index >= 15 is 0 Å². The maximum atomic E-state index is 10.9. The second-order valence-corrected chi connectivity index (χ2v) is 12.7. The Morgan fingerprint density at radius 2 is 1.30 bits per heavy atom. The smallest absolute Gasteiger partial charge is 0.274 e. The van der Waals surface area contributed by atoms with Crippen molar-refractivity contribution in [2.24, 2.45) is 0 Å². The predicted octanol–water partition coefficient (Wildman–Crippen LogP) is 4.35. The van der Waals surface area contributed by atoms with Crippen molar-refractivity contribution in [1.29, 1.82) is 0 Å². The zero-order chi connectivity index (χ0) is 24.1. The second kappa shape index (κ2) is 15.6. The first-order valence-corrected chi connectivity index (χ1v) is 14.7. The van der Waals surface area contributed by atoms with Crippen molar-refractivity contribution in [1.82, 2.24) is 20.4 Å². The number of nitro groups is 1. The second-order valence-electron chi connectivity index (χ2n) is 8.00. The summed E-state index contributed by atoms with van der Waals surface area (Å²) in [6, 6.07) is 8.78. The average Bonchev–Trinajstić information content (AvgIpc) is 3.35. The minimum atomic E-state index is -0.411. The molecule has 2 heterocycles.